The van der Waals surface area contributed by atoms with Gasteiger partial charge in [0.05, 0.1) is 0 Å². The number of anilines is 1. The molecule has 0 spiro atoms. The lowest BCUT2D eigenvalue weighted by Crippen LogP contribution is -2.29. The number of amides is 1. The first-order valence-corrected chi connectivity index (χ1v) is 4.43. The number of carbonyl (C=O) groups excluding carboxylic acids is 1. The molecule has 1 fully saturated rings. The van der Waals surface area contributed by atoms with Gasteiger partial charge in [-0.3, -0.25) is 4.79 Å². The molecule has 1 atom stereocenters. The first-order valence-electron chi connectivity index (χ1n) is 4.43. The minimum Gasteiger partial charge on any atom is -0.383 e. The highest BCUT2D eigenvalue weighted by Crippen LogP contribution is 2.21. The Hall–Kier alpha value is -1.42. The second kappa shape index (κ2) is 3.38. The van der Waals surface area contributed by atoms with Crippen LogP contribution in [0.2, 0.25) is 0 Å². The maximum atomic E-state index is 12.8. The summed E-state index contributed by atoms with van der Waals surface area (Å²) in [5.74, 6) is -0.729. The third-order valence-corrected chi connectivity index (χ3v) is 2.30. The van der Waals surface area contributed by atoms with Crippen molar-refractivity contribution in [1.29, 1.82) is 0 Å². The summed E-state index contributed by atoms with van der Waals surface area (Å²) in [5.41, 5.74) is 0.506. The molecule has 0 bridgehead atoms. The topological polar surface area (TPSA) is 40.5 Å². The van der Waals surface area contributed by atoms with Crippen molar-refractivity contribution in [2.24, 2.45) is 0 Å². The van der Waals surface area contributed by atoms with E-state index in [9.17, 15) is 14.3 Å². The van der Waals surface area contributed by atoms with Crippen molar-refractivity contribution in [1.82, 2.24) is 0 Å². The maximum absolute atomic E-state index is 12.8. The van der Waals surface area contributed by atoms with E-state index in [2.05, 4.69) is 0 Å². The van der Waals surface area contributed by atoms with E-state index in [1.54, 1.807) is 12.1 Å². The van der Waals surface area contributed by atoms with E-state index in [1.165, 1.54) is 17.0 Å². The van der Waals surface area contributed by atoms with Crippen molar-refractivity contribution in [3.8, 4) is 0 Å². The zero-order chi connectivity index (χ0) is 10.1. The van der Waals surface area contributed by atoms with Crippen LogP contribution in [0.1, 0.15) is 6.42 Å². The average molecular weight is 195 g/mol. The third kappa shape index (κ3) is 1.48. The Morgan fingerprint density at radius 1 is 1.50 bits per heavy atom. The van der Waals surface area contributed by atoms with Gasteiger partial charge >= 0.3 is 0 Å². The molecular formula is C10H10FNO2. The van der Waals surface area contributed by atoms with Gasteiger partial charge in [-0.1, -0.05) is 6.07 Å². The first-order chi connectivity index (χ1) is 6.68. The zero-order valence-electron chi connectivity index (χ0n) is 7.48. The van der Waals surface area contributed by atoms with Crippen molar-refractivity contribution < 1.29 is 14.3 Å². The first kappa shape index (κ1) is 9.15. The quantitative estimate of drug-likeness (QED) is 0.724. The molecule has 1 aliphatic heterocycles. The molecule has 1 N–H and O–H groups in total. The van der Waals surface area contributed by atoms with Gasteiger partial charge in [0, 0.05) is 18.7 Å². The number of hydrogen-bond acceptors (Lipinski definition) is 2. The number of aliphatic hydroxyl groups excluding tert-OH is 1. The van der Waals surface area contributed by atoms with Crippen LogP contribution in [0.3, 0.4) is 0 Å². The summed E-state index contributed by atoms with van der Waals surface area (Å²) < 4.78 is 12.8. The van der Waals surface area contributed by atoms with Crippen LogP contribution in [0.25, 0.3) is 0 Å². The van der Waals surface area contributed by atoms with Gasteiger partial charge in [-0.15, -0.1) is 0 Å². The van der Waals surface area contributed by atoms with E-state index >= 15 is 0 Å². The number of benzene rings is 1. The molecule has 74 valence electrons. The Balaban J connectivity index is 2.28. The molecule has 4 heteroatoms. The van der Waals surface area contributed by atoms with Crippen LogP contribution in [0.4, 0.5) is 10.1 Å². The average Bonchev–Trinajstić information content (AvgIpc) is 2.48. The minimum atomic E-state index is -0.932. The van der Waals surface area contributed by atoms with Crippen molar-refractivity contribution in [2.45, 2.75) is 12.5 Å². The fourth-order valence-corrected chi connectivity index (χ4v) is 1.57. The molecule has 1 aromatic rings. The molecule has 0 aliphatic carbocycles. The molecule has 1 heterocycles. The van der Waals surface area contributed by atoms with Crippen molar-refractivity contribution in [2.75, 3.05) is 11.4 Å². The standard InChI is InChI=1S/C10H10FNO2/c11-7-2-1-3-8(6-7)12-5-4-9(13)10(12)14/h1-3,6,9,13H,4-5H2. The van der Waals surface area contributed by atoms with E-state index in [4.69, 9.17) is 0 Å². The molecule has 0 radical (unpaired) electrons. The lowest BCUT2D eigenvalue weighted by molar-refractivity contribution is -0.123. The molecule has 1 aromatic carbocycles. The molecular weight excluding hydrogens is 185 g/mol. The summed E-state index contributed by atoms with van der Waals surface area (Å²) in [6, 6.07) is 5.80. The molecule has 3 nitrogen and oxygen atoms in total. The number of carbonyl (C=O) groups is 1. The fraction of sp³-hybridized carbons (Fsp3) is 0.300. The number of halogens is 1. The van der Waals surface area contributed by atoms with Gasteiger partial charge in [-0.25, -0.2) is 4.39 Å². The summed E-state index contributed by atoms with van der Waals surface area (Å²) in [6.07, 6.45) is -0.520. The van der Waals surface area contributed by atoms with Gasteiger partial charge in [0.1, 0.15) is 11.9 Å². The van der Waals surface area contributed by atoms with Crippen LogP contribution in [-0.4, -0.2) is 23.7 Å². The lowest BCUT2D eigenvalue weighted by Gasteiger charge is -2.15. The Labute approximate surface area is 80.8 Å². The Morgan fingerprint density at radius 3 is 2.86 bits per heavy atom. The van der Waals surface area contributed by atoms with E-state index in [0.717, 1.165) is 0 Å². The summed E-state index contributed by atoms with van der Waals surface area (Å²) >= 11 is 0. The number of aliphatic hydroxyl groups is 1. The van der Waals surface area contributed by atoms with Gasteiger partial charge in [-0.05, 0) is 18.2 Å². The van der Waals surface area contributed by atoms with Crippen LogP contribution in [0.15, 0.2) is 24.3 Å². The smallest absolute Gasteiger partial charge is 0.255 e. The fourth-order valence-electron chi connectivity index (χ4n) is 1.57. The largest absolute Gasteiger partial charge is 0.383 e. The van der Waals surface area contributed by atoms with E-state index in [0.29, 0.717) is 18.7 Å². The van der Waals surface area contributed by atoms with Gasteiger partial charge in [0.15, 0.2) is 0 Å². The predicted molar refractivity (Wildman–Crippen MR) is 49.4 cm³/mol. The monoisotopic (exact) mass is 195 g/mol. The summed E-state index contributed by atoms with van der Waals surface area (Å²) in [6.45, 7) is 0.448. The molecule has 0 aromatic heterocycles. The molecule has 1 amide bonds. The van der Waals surface area contributed by atoms with Crippen LogP contribution in [0.5, 0.6) is 0 Å². The second-order valence-corrected chi connectivity index (χ2v) is 3.27. The molecule has 1 saturated heterocycles. The SMILES string of the molecule is O=C1C(O)CCN1c1cccc(F)c1. The molecule has 2 rings (SSSR count). The highest BCUT2D eigenvalue weighted by atomic mass is 19.1. The van der Waals surface area contributed by atoms with Gasteiger partial charge in [0.25, 0.3) is 5.91 Å². The Morgan fingerprint density at radius 2 is 2.29 bits per heavy atom. The van der Waals surface area contributed by atoms with Crippen molar-refractivity contribution in [3.05, 3.63) is 30.1 Å². The van der Waals surface area contributed by atoms with E-state index < -0.39 is 6.10 Å². The molecule has 1 unspecified atom stereocenters. The van der Waals surface area contributed by atoms with Gasteiger partial charge in [-0.2, -0.15) is 0 Å². The maximum Gasteiger partial charge on any atom is 0.255 e. The number of nitrogens with zero attached hydrogens (tertiary/aromatic N) is 1. The minimum absolute atomic E-state index is 0.351. The van der Waals surface area contributed by atoms with Crippen molar-refractivity contribution >= 4 is 11.6 Å². The highest BCUT2D eigenvalue weighted by Gasteiger charge is 2.30. The van der Waals surface area contributed by atoms with E-state index in [-0.39, 0.29) is 11.7 Å². The van der Waals surface area contributed by atoms with Gasteiger partial charge in [0.2, 0.25) is 0 Å². The molecule has 1 aliphatic rings. The molecule has 14 heavy (non-hydrogen) atoms. The number of rotatable bonds is 1. The van der Waals surface area contributed by atoms with Gasteiger partial charge < -0.3 is 10.0 Å². The lowest BCUT2D eigenvalue weighted by atomic mass is 10.3. The Kier molecular flexibility index (Phi) is 2.21. The zero-order valence-corrected chi connectivity index (χ0v) is 7.48. The normalized spacial score (nSPS) is 21.7. The second-order valence-electron chi connectivity index (χ2n) is 3.27. The van der Waals surface area contributed by atoms with Crippen molar-refractivity contribution in [3.63, 3.8) is 0 Å². The molecule has 0 saturated carbocycles. The summed E-state index contributed by atoms with van der Waals surface area (Å²) in [7, 11) is 0. The number of hydrogen-bond donors (Lipinski definition) is 1. The van der Waals surface area contributed by atoms with E-state index in [1.807, 2.05) is 0 Å². The highest BCUT2D eigenvalue weighted by molar-refractivity contribution is 5.98. The van der Waals surface area contributed by atoms with Crippen LogP contribution in [-0.2, 0) is 4.79 Å². The summed E-state index contributed by atoms with van der Waals surface area (Å²) in [5, 5.41) is 9.21. The van der Waals surface area contributed by atoms with Crippen LogP contribution in [0, 0.1) is 5.82 Å². The predicted octanol–water partition coefficient (Wildman–Crippen LogP) is 0.923. The summed E-state index contributed by atoms with van der Waals surface area (Å²) in [4.78, 5) is 12.8. The Bertz CT molecular complexity index is 367. The van der Waals surface area contributed by atoms with Crippen LogP contribution < -0.4 is 4.90 Å². The third-order valence-electron chi connectivity index (χ3n) is 2.30. The van der Waals surface area contributed by atoms with Crippen LogP contribution >= 0.6 is 0 Å².